The van der Waals surface area contributed by atoms with E-state index in [0.717, 1.165) is 7.57 Å². The molecule has 0 atom stereocenters. The van der Waals surface area contributed by atoms with Crippen LogP contribution >= 0.6 is 43.2 Å². The lowest BCUT2D eigenvalue weighted by molar-refractivity contribution is 0.102. The number of halogens is 2. The number of hydrogen-bond donors (Lipinski definition) is 0. The van der Waals surface area contributed by atoms with Crippen LogP contribution in [-0.4, -0.2) is 15.6 Å². The number of hydrogen-bond acceptors (Lipinski definition) is 3. The van der Waals surface area contributed by atoms with E-state index in [1.54, 1.807) is 16.9 Å². The fourth-order valence-corrected chi connectivity index (χ4v) is 4.20. The summed E-state index contributed by atoms with van der Waals surface area (Å²) in [6.45, 7) is 2.65. The fraction of sp³-hybridized carbons (Fsp3) is 0.200. The molecule has 0 saturated heterocycles. The molecule has 0 aliphatic heterocycles. The first-order valence-corrected chi connectivity index (χ1v) is 7.05. The lowest BCUT2D eigenvalue weighted by Gasteiger charge is -2.02. The largest absolute Gasteiger partial charge is 0.287 e. The van der Waals surface area contributed by atoms with Crippen LogP contribution in [0.4, 0.5) is 0 Å². The van der Waals surface area contributed by atoms with E-state index in [-0.39, 0.29) is 5.78 Å². The number of nitrogens with zero attached hydrogens (tertiary/aromatic N) is 2. The van der Waals surface area contributed by atoms with Gasteiger partial charge in [0, 0.05) is 12.7 Å². The molecule has 2 heterocycles. The molecule has 3 nitrogen and oxygen atoms in total. The van der Waals surface area contributed by atoms with Gasteiger partial charge in [0.2, 0.25) is 5.78 Å². The monoisotopic (exact) mass is 362 g/mol. The number of carbonyl (C=O) groups excluding carboxylic acids is 1. The fourth-order valence-electron chi connectivity index (χ4n) is 1.41. The topological polar surface area (TPSA) is 34.9 Å². The lowest BCUT2D eigenvalue weighted by atomic mass is 10.1. The molecule has 2 rings (SSSR count). The number of aryl methyl sites for hydroxylation is 1. The van der Waals surface area contributed by atoms with Gasteiger partial charge in [0.15, 0.2) is 0 Å². The molecular weight excluding hydrogens is 356 g/mol. The predicted molar refractivity (Wildman–Crippen MR) is 71.1 cm³/mol. The molecular formula is C10H8Br2N2OS. The van der Waals surface area contributed by atoms with Gasteiger partial charge in [-0.2, -0.15) is 5.10 Å². The second-order valence-corrected chi connectivity index (χ2v) is 6.85. The third kappa shape index (κ3) is 2.14. The number of ketones is 1. The molecule has 0 amide bonds. The Hall–Kier alpha value is -0.460. The van der Waals surface area contributed by atoms with E-state index in [2.05, 4.69) is 37.0 Å². The number of carbonyl (C=O) groups is 1. The zero-order valence-corrected chi connectivity index (χ0v) is 12.4. The minimum atomic E-state index is -0.00632. The highest BCUT2D eigenvalue weighted by Gasteiger charge is 2.18. The van der Waals surface area contributed by atoms with E-state index in [4.69, 9.17) is 0 Å². The number of thiophene rings is 1. The summed E-state index contributed by atoms with van der Waals surface area (Å²) in [5.41, 5.74) is 1.29. The molecule has 0 aliphatic carbocycles. The van der Waals surface area contributed by atoms with Gasteiger partial charge in [0.1, 0.15) is 5.69 Å². The lowest BCUT2D eigenvalue weighted by Crippen LogP contribution is -2.10. The van der Waals surface area contributed by atoms with Crippen molar-refractivity contribution >= 4 is 49.0 Å². The van der Waals surface area contributed by atoms with Crippen LogP contribution in [0.1, 0.15) is 23.0 Å². The summed E-state index contributed by atoms with van der Waals surface area (Å²) in [5, 5.41) is 4.09. The Morgan fingerprint density at radius 2 is 2.31 bits per heavy atom. The molecule has 0 unspecified atom stereocenters. The molecule has 16 heavy (non-hydrogen) atoms. The summed E-state index contributed by atoms with van der Waals surface area (Å²) < 4.78 is 3.47. The first-order chi connectivity index (χ1) is 7.63. The van der Waals surface area contributed by atoms with E-state index in [9.17, 15) is 4.79 Å². The van der Waals surface area contributed by atoms with Crippen molar-refractivity contribution in [2.75, 3.05) is 0 Å². The van der Waals surface area contributed by atoms with Crippen molar-refractivity contribution in [3.8, 4) is 0 Å². The molecule has 0 N–H and O–H groups in total. The highest BCUT2D eigenvalue weighted by Crippen LogP contribution is 2.33. The van der Waals surface area contributed by atoms with E-state index in [1.807, 2.05) is 13.0 Å². The van der Waals surface area contributed by atoms with Gasteiger partial charge in [-0.15, -0.1) is 11.3 Å². The Morgan fingerprint density at radius 1 is 1.56 bits per heavy atom. The van der Waals surface area contributed by atoms with Crippen LogP contribution in [0.15, 0.2) is 25.9 Å². The Bertz CT molecular complexity index is 533. The minimum absolute atomic E-state index is 0.00632. The molecule has 84 valence electrons. The Labute approximate surface area is 114 Å². The van der Waals surface area contributed by atoms with Crippen molar-refractivity contribution in [1.82, 2.24) is 9.78 Å². The minimum Gasteiger partial charge on any atom is -0.287 e. The predicted octanol–water partition coefficient (Wildman–Crippen LogP) is 3.72. The van der Waals surface area contributed by atoms with Crippen molar-refractivity contribution in [3.05, 3.63) is 37.2 Å². The van der Waals surface area contributed by atoms with Crippen molar-refractivity contribution in [2.24, 2.45) is 0 Å². The quantitative estimate of drug-likeness (QED) is 0.779. The van der Waals surface area contributed by atoms with E-state index >= 15 is 0 Å². The third-order valence-corrected chi connectivity index (χ3v) is 4.49. The molecule has 0 saturated carbocycles. The highest BCUT2D eigenvalue weighted by molar-refractivity contribution is 9.12. The Kier molecular flexibility index (Phi) is 3.61. The maximum absolute atomic E-state index is 12.2. The molecule has 0 bridgehead atoms. The third-order valence-electron chi connectivity index (χ3n) is 2.15. The molecule has 0 aromatic carbocycles. The van der Waals surface area contributed by atoms with Crippen LogP contribution < -0.4 is 0 Å². The van der Waals surface area contributed by atoms with Crippen LogP contribution in [-0.2, 0) is 6.54 Å². The van der Waals surface area contributed by atoms with Crippen LogP contribution in [0.2, 0.25) is 0 Å². The van der Waals surface area contributed by atoms with Crippen LogP contribution in [0.3, 0.4) is 0 Å². The number of rotatable bonds is 3. The van der Waals surface area contributed by atoms with Crippen molar-refractivity contribution < 1.29 is 4.79 Å². The van der Waals surface area contributed by atoms with E-state index in [0.29, 0.717) is 17.8 Å². The zero-order chi connectivity index (χ0) is 11.7. The molecule has 2 aromatic rings. The first kappa shape index (κ1) is 12.0. The summed E-state index contributed by atoms with van der Waals surface area (Å²) >= 11 is 8.24. The molecule has 2 aromatic heterocycles. The summed E-state index contributed by atoms with van der Waals surface area (Å²) in [5.74, 6) is -0.00632. The summed E-state index contributed by atoms with van der Waals surface area (Å²) in [7, 11) is 0. The highest BCUT2D eigenvalue weighted by atomic mass is 79.9. The van der Waals surface area contributed by atoms with E-state index < -0.39 is 0 Å². The molecule has 0 spiro atoms. The molecule has 6 heteroatoms. The number of aromatic nitrogens is 2. The van der Waals surface area contributed by atoms with Crippen LogP contribution in [0.5, 0.6) is 0 Å². The molecule has 0 aliphatic rings. The average molecular weight is 364 g/mol. The average Bonchev–Trinajstić information content (AvgIpc) is 2.83. The first-order valence-electron chi connectivity index (χ1n) is 4.64. The van der Waals surface area contributed by atoms with Gasteiger partial charge in [-0.3, -0.25) is 9.48 Å². The second-order valence-electron chi connectivity index (χ2n) is 3.10. The van der Waals surface area contributed by atoms with Gasteiger partial charge in [-0.05, 0) is 50.9 Å². The summed E-state index contributed by atoms with van der Waals surface area (Å²) in [6, 6.07) is 3.56. The smallest absolute Gasteiger partial charge is 0.213 e. The van der Waals surface area contributed by atoms with Gasteiger partial charge in [0.25, 0.3) is 0 Å². The maximum atomic E-state index is 12.2. The van der Waals surface area contributed by atoms with Crippen LogP contribution in [0, 0.1) is 0 Å². The molecule has 0 fully saturated rings. The van der Waals surface area contributed by atoms with Gasteiger partial charge in [0.05, 0.1) is 13.1 Å². The van der Waals surface area contributed by atoms with Crippen LogP contribution in [0.25, 0.3) is 0 Å². The Balaban J connectivity index is 2.43. The van der Waals surface area contributed by atoms with Gasteiger partial charge in [-0.1, -0.05) is 0 Å². The summed E-state index contributed by atoms with van der Waals surface area (Å²) in [4.78, 5) is 12.2. The van der Waals surface area contributed by atoms with Crippen molar-refractivity contribution in [1.29, 1.82) is 0 Å². The SMILES string of the molecule is CCn1nccc1C(=O)c1cc(Br)sc1Br. The van der Waals surface area contributed by atoms with Gasteiger partial charge >= 0.3 is 0 Å². The normalized spacial score (nSPS) is 10.7. The van der Waals surface area contributed by atoms with Crippen molar-refractivity contribution in [3.63, 3.8) is 0 Å². The maximum Gasteiger partial charge on any atom is 0.213 e. The summed E-state index contributed by atoms with van der Waals surface area (Å²) in [6.07, 6.45) is 1.64. The van der Waals surface area contributed by atoms with Crippen molar-refractivity contribution in [2.45, 2.75) is 13.5 Å². The second kappa shape index (κ2) is 4.81. The zero-order valence-electron chi connectivity index (χ0n) is 8.41. The van der Waals surface area contributed by atoms with Gasteiger partial charge in [-0.25, -0.2) is 0 Å². The van der Waals surface area contributed by atoms with Gasteiger partial charge < -0.3 is 0 Å². The Morgan fingerprint density at radius 3 is 2.88 bits per heavy atom. The van der Waals surface area contributed by atoms with E-state index in [1.165, 1.54) is 11.3 Å². The standard InChI is InChI=1S/C10H8Br2N2OS/c1-2-14-7(3-4-13-14)9(15)6-5-8(11)16-10(6)12/h3-5H,2H2,1H3. The molecule has 0 radical (unpaired) electrons.